The molecule has 1 aromatic carbocycles. The van der Waals surface area contributed by atoms with Crippen molar-refractivity contribution in [2.45, 2.75) is 50.9 Å². The normalized spacial score (nSPS) is 28.1. The summed E-state index contributed by atoms with van der Waals surface area (Å²) in [6, 6.07) is 11.0. The average Bonchev–Trinajstić information content (AvgIpc) is 3.09. The van der Waals surface area contributed by atoms with Crippen molar-refractivity contribution >= 4 is 16.6 Å². The molecule has 2 aliphatic rings. The summed E-state index contributed by atoms with van der Waals surface area (Å²) in [7, 11) is 0. The van der Waals surface area contributed by atoms with Gasteiger partial charge in [-0.25, -0.2) is 0 Å². The predicted octanol–water partition coefficient (Wildman–Crippen LogP) is 3.53. The summed E-state index contributed by atoms with van der Waals surface area (Å²) in [5, 5.41) is 4.94. The maximum absolute atomic E-state index is 5.95. The summed E-state index contributed by atoms with van der Waals surface area (Å²) in [5.41, 5.74) is 3.45. The zero-order valence-corrected chi connectivity index (χ0v) is 11.8. The number of hydrogen-bond acceptors (Lipinski definition) is 3. The number of fused-ring (bicyclic) bond motifs is 3. The van der Waals surface area contributed by atoms with Crippen LogP contribution in [0.1, 0.15) is 31.9 Å². The number of anilines is 1. The topological polar surface area (TPSA) is 34.1 Å². The number of rotatable bonds is 3. The van der Waals surface area contributed by atoms with Gasteiger partial charge in [0.05, 0.1) is 23.8 Å². The van der Waals surface area contributed by atoms with Crippen LogP contribution in [0.2, 0.25) is 0 Å². The van der Waals surface area contributed by atoms with E-state index in [1.165, 1.54) is 23.9 Å². The van der Waals surface area contributed by atoms with E-state index < -0.39 is 0 Å². The Bertz CT molecular complexity index is 640. The highest BCUT2D eigenvalue weighted by Gasteiger charge is 2.40. The van der Waals surface area contributed by atoms with Gasteiger partial charge in [0, 0.05) is 16.8 Å². The van der Waals surface area contributed by atoms with Crippen molar-refractivity contribution in [1.82, 2.24) is 4.98 Å². The van der Waals surface area contributed by atoms with Crippen LogP contribution < -0.4 is 5.32 Å². The molecule has 2 aliphatic heterocycles. The summed E-state index contributed by atoms with van der Waals surface area (Å²) < 4.78 is 5.95. The van der Waals surface area contributed by atoms with Gasteiger partial charge in [0.2, 0.25) is 0 Å². The number of nitrogens with one attached hydrogen (secondary N) is 1. The van der Waals surface area contributed by atoms with Crippen molar-refractivity contribution in [2.75, 3.05) is 5.32 Å². The predicted molar refractivity (Wildman–Crippen MR) is 81.0 cm³/mol. The third kappa shape index (κ3) is 1.97. The first-order chi connectivity index (χ1) is 9.83. The molecule has 3 heteroatoms. The van der Waals surface area contributed by atoms with Crippen LogP contribution >= 0.6 is 0 Å². The number of ether oxygens (including phenoxy) is 1. The van der Waals surface area contributed by atoms with Crippen molar-refractivity contribution < 1.29 is 4.74 Å². The number of aryl methyl sites for hydroxylation is 1. The quantitative estimate of drug-likeness (QED) is 0.924. The Hall–Kier alpha value is -1.61. The molecule has 0 saturated carbocycles. The Labute approximate surface area is 119 Å². The Morgan fingerprint density at radius 2 is 2.20 bits per heavy atom. The van der Waals surface area contributed by atoms with Crippen LogP contribution in [0.4, 0.5) is 5.69 Å². The number of pyridine rings is 1. The maximum Gasteiger partial charge on any atom is 0.0781 e. The molecule has 0 aliphatic carbocycles. The van der Waals surface area contributed by atoms with Gasteiger partial charge in [-0.2, -0.15) is 0 Å². The van der Waals surface area contributed by atoms with Gasteiger partial charge in [-0.05, 0) is 37.8 Å². The molecule has 3 heterocycles. The second-order valence-corrected chi connectivity index (χ2v) is 5.89. The van der Waals surface area contributed by atoms with E-state index in [9.17, 15) is 0 Å². The van der Waals surface area contributed by atoms with Crippen LogP contribution in [0, 0.1) is 0 Å². The summed E-state index contributed by atoms with van der Waals surface area (Å²) >= 11 is 0. The minimum atomic E-state index is 0.400. The average molecular weight is 268 g/mol. The number of benzene rings is 1. The van der Waals surface area contributed by atoms with Crippen LogP contribution in [0.5, 0.6) is 0 Å². The lowest BCUT2D eigenvalue weighted by Gasteiger charge is -2.22. The van der Waals surface area contributed by atoms with E-state index in [1.54, 1.807) is 0 Å². The molecule has 0 spiro atoms. The summed E-state index contributed by atoms with van der Waals surface area (Å²) in [6.45, 7) is 2.15. The molecular weight excluding hydrogens is 248 g/mol. The Balaban J connectivity index is 1.71. The van der Waals surface area contributed by atoms with E-state index in [-0.39, 0.29) is 0 Å². The largest absolute Gasteiger partial charge is 0.379 e. The smallest absolute Gasteiger partial charge is 0.0781 e. The Morgan fingerprint density at radius 3 is 2.95 bits per heavy atom. The van der Waals surface area contributed by atoms with E-state index in [0.717, 1.165) is 24.1 Å². The first kappa shape index (κ1) is 12.2. The van der Waals surface area contributed by atoms with Crippen LogP contribution in [-0.2, 0) is 11.2 Å². The molecule has 3 unspecified atom stereocenters. The third-order valence-electron chi connectivity index (χ3n) is 4.58. The minimum Gasteiger partial charge on any atom is -0.379 e. The van der Waals surface area contributed by atoms with E-state index >= 15 is 0 Å². The van der Waals surface area contributed by atoms with Gasteiger partial charge in [-0.1, -0.05) is 25.1 Å². The van der Waals surface area contributed by atoms with Crippen LogP contribution in [-0.4, -0.2) is 23.2 Å². The van der Waals surface area contributed by atoms with Crippen LogP contribution in [0.3, 0.4) is 0 Å². The van der Waals surface area contributed by atoms with Crippen LogP contribution in [0.15, 0.2) is 30.3 Å². The number of nitrogens with zero attached hydrogens (tertiary/aromatic N) is 1. The van der Waals surface area contributed by atoms with Crippen molar-refractivity contribution in [3.63, 3.8) is 0 Å². The lowest BCUT2D eigenvalue weighted by Crippen LogP contribution is -2.30. The molecule has 104 valence electrons. The van der Waals surface area contributed by atoms with Gasteiger partial charge in [0.25, 0.3) is 0 Å². The molecule has 20 heavy (non-hydrogen) atoms. The summed E-state index contributed by atoms with van der Waals surface area (Å²) in [6.07, 6.45) is 5.43. The second-order valence-electron chi connectivity index (χ2n) is 5.89. The zero-order chi connectivity index (χ0) is 13.5. The molecule has 0 amide bonds. The summed E-state index contributed by atoms with van der Waals surface area (Å²) in [5.74, 6) is 0. The van der Waals surface area contributed by atoms with Crippen molar-refractivity contribution in [2.24, 2.45) is 0 Å². The fourth-order valence-electron chi connectivity index (χ4n) is 3.52. The second kappa shape index (κ2) is 4.74. The molecule has 2 fully saturated rings. The molecule has 4 rings (SSSR count). The molecule has 1 aromatic heterocycles. The van der Waals surface area contributed by atoms with Crippen molar-refractivity contribution in [3.05, 3.63) is 36.0 Å². The van der Waals surface area contributed by atoms with Gasteiger partial charge in [0.15, 0.2) is 0 Å². The minimum absolute atomic E-state index is 0.400. The van der Waals surface area contributed by atoms with E-state index in [1.807, 2.05) is 0 Å². The van der Waals surface area contributed by atoms with Gasteiger partial charge in [-0.3, -0.25) is 4.98 Å². The number of hydrogen-bond donors (Lipinski definition) is 1. The molecule has 2 bridgehead atoms. The molecule has 3 atom stereocenters. The monoisotopic (exact) mass is 268 g/mol. The fourth-order valence-corrected chi connectivity index (χ4v) is 3.52. The standard InChI is InChI=1S/C17H20N2O/c1-2-11-9-15(13-5-3-4-6-14(13)18-11)19-16-10-12-7-8-17(16)20-12/h3-6,9,12,16-17H,2,7-8,10H2,1H3,(H,18,19). The number of aromatic nitrogens is 1. The highest BCUT2D eigenvalue weighted by molar-refractivity contribution is 5.91. The number of para-hydroxylation sites is 1. The molecule has 2 aromatic rings. The lowest BCUT2D eigenvalue weighted by atomic mass is 9.95. The SMILES string of the molecule is CCc1cc(NC2CC3CCC2O3)c2ccccc2n1. The van der Waals surface area contributed by atoms with Crippen molar-refractivity contribution in [1.29, 1.82) is 0 Å². The maximum atomic E-state index is 5.95. The lowest BCUT2D eigenvalue weighted by molar-refractivity contribution is 0.102. The summed E-state index contributed by atoms with van der Waals surface area (Å²) in [4.78, 5) is 4.71. The molecule has 0 radical (unpaired) electrons. The first-order valence-electron chi connectivity index (χ1n) is 7.64. The van der Waals surface area contributed by atoms with E-state index in [2.05, 4.69) is 42.6 Å². The van der Waals surface area contributed by atoms with E-state index in [0.29, 0.717) is 18.2 Å². The first-order valence-corrected chi connectivity index (χ1v) is 7.64. The van der Waals surface area contributed by atoms with Gasteiger partial charge in [-0.15, -0.1) is 0 Å². The van der Waals surface area contributed by atoms with Gasteiger partial charge < -0.3 is 10.1 Å². The highest BCUT2D eigenvalue weighted by atomic mass is 16.5. The Kier molecular flexibility index (Phi) is 2.88. The van der Waals surface area contributed by atoms with Gasteiger partial charge in [0.1, 0.15) is 0 Å². The molecule has 3 nitrogen and oxygen atoms in total. The van der Waals surface area contributed by atoms with Crippen molar-refractivity contribution in [3.8, 4) is 0 Å². The van der Waals surface area contributed by atoms with E-state index in [4.69, 9.17) is 9.72 Å². The molecular formula is C17H20N2O. The zero-order valence-electron chi connectivity index (χ0n) is 11.8. The van der Waals surface area contributed by atoms with Gasteiger partial charge >= 0.3 is 0 Å². The fraction of sp³-hybridized carbons (Fsp3) is 0.471. The Morgan fingerprint density at radius 1 is 1.30 bits per heavy atom. The molecule has 2 saturated heterocycles. The van der Waals surface area contributed by atoms with Crippen LogP contribution in [0.25, 0.3) is 10.9 Å². The molecule has 1 N–H and O–H groups in total. The third-order valence-corrected chi connectivity index (χ3v) is 4.58. The highest BCUT2D eigenvalue weighted by Crippen LogP contribution is 2.37.